The first-order chi connectivity index (χ1) is 10.3. The molecule has 0 aromatic carbocycles. The van der Waals surface area contributed by atoms with Gasteiger partial charge < -0.3 is 10.2 Å². The molecular formula is C14H21N7. The van der Waals surface area contributed by atoms with Gasteiger partial charge in [0.2, 0.25) is 17.8 Å². The van der Waals surface area contributed by atoms with Gasteiger partial charge >= 0.3 is 0 Å². The molecule has 0 radical (unpaired) electrons. The minimum atomic E-state index is 0.584. The van der Waals surface area contributed by atoms with Gasteiger partial charge in [-0.2, -0.15) is 15.0 Å². The number of imidazole rings is 1. The van der Waals surface area contributed by atoms with Gasteiger partial charge in [0.1, 0.15) is 6.33 Å². The largest absolute Gasteiger partial charge is 0.357 e. The fourth-order valence-corrected chi connectivity index (χ4v) is 2.56. The lowest BCUT2D eigenvalue weighted by Gasteiger charge is -2.21. The van der Waals surface area contributed by atoms with Crippen LogP contribution in [0.4, 0.5) is 11.9 Å². The molecule has 0 bridgehead atoms. The van der Waals surface area contributed by atoms with Crippen molar-refractivity contribution < 1.29 is 0 Å². The molecule has 1 saturated heterocycles. The van der Waals surface area contributed by atoms with E-state index in [0.29, 0.717) is 11.9 Å². The maximum Gasteiger partial charge on any atom is 0.241 e. The summed E-state index contributed by atoms with van der Waals surface area (Å²) in [6.45, 7) is 4.31. The van der Waals surface area contributed by atoms with Gasteiger partial charge in [-0.3, -0.25) is 4.57 Å². The summed E-state index contributed by atoms with van der Waals surface area (Å²) >= 11 is 0. The summed E-state index contributed by atoms with van der Waals surface area (Å²) in [4.78, 5) is 19.8. The Balaban J connectivity index is 1.92. The molecule has 1 atom stereocenters. The lowest BCUT2D eigenvalue weighted by atomic mass is 10.0. The average molecular weight is 287 g/mol. The molecule has 0 aliphatic carbocycles. The van der Waals surface area contributed by atoms with E-state index in [4.69, 9.17) is 0 Å². The average Bonchev–Trinajstić information content (AvgIpc) is 2.96. The van der Waals surface area contributed by atoms with Crippen molar-refractivity contribution in [1.29, 1.82) is 0 Å². The van der Waals surface area contributed by atoms with Crippen LogP contribution in [0, 0.1) is 5.92 Å². The molecule has 2 aromatic heterocycles. The third kappa shape index (κ3) is 3.12. The first-order valence-electron chi connectivity index (χ1n) is 7.43. The van der Waals surface area contributed by atoms with Crippen LogP contribution in [-0.4, -0.2) is 44.6 Å². The summed E-state index contributed by atoms with van der Waals surface area (Å²) in [5.74, 6) is 2.70. The fourth-order valence-electron chi connectivity index (χ4n) is 2.56. The summed E-state index contributed by atoms with van der Waals surface area (Å²) in [5, 5.41) is 3.01. The fraction of sp³-hybridized carbons (Fsp3) is 0.571. The summed E-state index contributed by atoms with van der Waals surface area (Å²) < 4.78 is 1.80. The number of rotatable bonds is 3. The number of hydrogen-bond acceptors (Lipinski definition) is 6. The molecule has 3 heterocycles. The molecule has 0 amide bonds. The number of nitrogens with zero attached hydrogens (tertiary/aromatic N) is 6. The second-order valence-electron chi connectivity index (χ2n) is 5.50. The van der Waals surface area contributed by atoms with E-state index in [9.17, 15) is 0 Å². The van der Waals surface area contributed by atoms with E-state index in [1.165, 1.54) is 19.3 Å². The molecule has 0 saturated carbocycles. The van der Waals surface area contributed by atoms with Crippen molar-refractivity contribution in [2.24, 2.45) is 5.92 Å². The normalized spacial score (nSPS) is 19.3. The molecule has 1 aliphatic heterocycles. The van der Waals surface area contributed by atoms with Crippen LogP contribution in [0.15, 0.2) is 18.7 Å². The van der Waals surface area contributed by atoms with Crippen LogP contribution in [-0.2, 0) is 0 Å². The topological polar surface area (TPSA) is 71.8 Å². The van der Waals surface area contributed by atoms with E-state index >= 15 is 0 Å². The zero-order valence-corrected chi connectivity index (χ0v) is 12.5. The molecule has 0 spiro atoms. The Morgan fingerprint density at radius 3 is 2.76 bits per heavy atom. The first kappa shape index (κ1) is 13.8. The van der Waals surface area contributed by atoms with Gasteiger partial charge in [-0.1, -0.05) is 6.92 Å². The molecule has 1 unspecified atom stereocenters. The van der Waals surface area contributed by atoms with Crippen LogP contribution in [0.2, 0.25) is 0 Å². The lowest BCUT2D eigenvalue weighted by molar-refractivity contribution is 0.521. The van der Waals surface area contributed by atoms with Gasteiger partial charge in [0, 0.05) is 32.5 Å². The lowest BCUT2D eigenvalue weighted by Crippen LogP contribution is -2.27. The minimum Gasteiger partial charge on any atom is -0.357 e. The molecule has 21 heavy (non-hydrogen) atoms. The van der Waals surface area contributed by atoms with E-state index in [1.54, 1.807) is 17.1 Å². The van der Waals surface area contributed by atoms with Crippen LogP contribution >= 0.6 is 0 Å². The molecule has 1 fully saturated rings. The second-order valence-corrected chi connectivity index (χ2v) is 5.50. The summed E-state index contributed by atoms with van der Waals surface area (Å²) in [6, 6.07) is 0. The maximum absolute atomic E-state index is 4.60. The van der Waals surface area contributed by atoms with Gasteiger partial charge in [0.15, 0.2) is 0 Å². The van der Waals surface area contributed by atoms with Crippen LogP contribution in [0.5, 0.6) is 0 Å². The predicted octanol–water partition coefficient (Wildman–Crippen LogP) is 1.73. The Morgan fingerprint density at radius 2 is 2.00 bits per heavy atom. The summed E-state index contributed by atoms with van der Waals surface area (Å²) in [5.41, 5.74) is 0. The van der Waals surface area contributed by atoms with Crippen LogP contribution < -0.4 is 10.2 Å². The Morgan fingerprint density at radius 1 is 1.14 bits per heavy atom. The van der Waals surface area contributed by atoms with E-state index in [2.05, 4.69) is 37.1 Å². The van der Waals surface area contributed by atoms with E-state index in [-0.39, 0.29) is 0 Å². The molecule has 112 valence electrons. The number of aromatic nitrogens is 5. The maximum atomic E-state index is 4.60. The highest BCUT2D eigenvalue weighted by Gasteiger charge is 2.18. The Labute approximate surface area is 124 Å². The second kappa shape index (κ2) is 6.07. The first-order valence-corrected chi connectivity index (χ1v) is 7.43. The van der Waals surface area contributed by atoms with Crippen LogP contribution in [0.3, 0.4) is 0 Å². The van der Waals surface area contributed by atoms with Gasteiger partial charge in [-0.05, 0) is 25.2 Å². The summed E-state index contributed by atoms with van der Waals surface area (Å²) in [6.07, 6.45) is 8.89. The van der Waals surface area contributed by atoms with Crippen molar-refractivity contribution in [1.82, 2.24) is 24.5 Å². The SMILES string of the molecule is CNc1nc(N2CCCC(C)CC2)nc(-n2ccnc2)n1. The van der Waals surface area contributed by atoms with Crippen molar-refractivity contribution in [2.45, 2.75) is 26.2 Å². The van der Waals surface area contributed by atoms with Crippen LogP contribution in [0.1, 0.15) is 26.2 Å². The highest BCUT2D eigenvalue weighted by atomic mass is 15.3. The van der Waals surface area contributed by atoms with Crippen molar-refractivity contribution in [3.05, 3.63) is 18.7 Å². The molecule has 2 aromatic rings. The molecule has 7 heteroatoms. The highest BCUT2D eigenvalue weighted by molar-refractivity contribution is 5.40. The van der Waals surface area contributed by atoms with Crippen molar-refractivity contribution in [3.8, 4) is 5.95 Å². The Bertz CT molecular complexity index is 581. The Kier molecular flexibility index (Phi) is 3.98. The van der Waals surface area contributed by atoms with Crippen molar-refractivity contribution >= 4 is 11.9 Å². The quantitative estimate of drug-likeness (QED) is 0.927. The molecule has 1 N–H and O–H groups in total. The monoisotopic (exact) mass is 287 g/mol. The van der Waals surface area contributed by atoms with Crippen LogP contribution in [0.25, 0.3) is 5.95 Å². The molecular weight excluding hydrogens is 266 g/mol. The summed E-state index contributed by atoms with van der Waals surface area (Å²) in [7, 11) is 1.82. The molecule has 1 aliphatic rings. The standard InChI is InChI=1S/C14H21N7/c1-11-4-3-7-20(8-5-11)13-17-12(15-2)18-14(19-13)21-9-6-16-10-21/h6,9-11H,3-5,7-8H2,1-2H3,(H,15,17,18,19). The number of anilines is 2. The predicted molar refractivity (Wildman–Crippen MR) is 81.7 cm³/mol. The zero-order valence-electron chi connectivity index (χ0n) is 12.5. The van der Waals surface area contributed by atoms with E-state index < -0.39 is 0 Å². The molecule has 3 rings (SSSR count). The van der Waals surface area contributed by atoms with Crippen molar-refractivity contribution in [3.63, 3.8) is 0 Å². The highest BCUT2D eigenvalue weighted by Crippen LogP contribution is 2.21. The molecule has 7 nitrogen and oxygen atoms in total. The van der Waals surface area contributed by atoms with Gasteiger partial charge in [0.05, 0.1) is 0 Å². The van der Waals surface area contributed by atoms with Gasteiger partial charge in [-0.15, -0.1) is 0 Å². The number of nitrogens with one attached hydrogen (secondary N) is 1. The third-order valence-electron chi connectivity index (χ3n) is 3.87. The van der Waals surface area contributed by atoms with Gasteiger partial charge in [-0.25, -0.2) is 4.98 Å². The number of hydrogen-bond donors (Lipinski definition) is 1. The third-order valence-corrected chi connectivity index (χ3v) is 3.87. The minimum absolute atomic E-state index is 0.584. The van der Waals surface area contributed by atoms with Gasteiger partial charge in [0.25, 0.3) is 0 Å². The van der Waals surface area contributed by atoms with E-state index in [1.807, 2.05) is 13.2 Å². The van der Waals surface area contributed by atoms with Crippen molar-refractivity contribution in [2.75, 3.05) is 30.4 Å². The smallest absolute Gasteiger partial charge is 0.241 e. The van der Waals surface area contributed by atoms with E-state index in [0.717, 1.165) is 25.0 Å². The Hall–Kier alpha value is -2.18. The zero-order chi connectivity index (χ0) is 14.7.